The molecule has 16 heavy (non-hydrogen) atoms. The van der Waals surface area contributed by atoms with Crippen LogP contribution in [-0.2, 0) is 4.79 Å². The Balaban J connectivity index is 2.53. The maximum absolute atomic E-state index is 11.0. The number of carbonyl (C=O) groups excluding carboxylic acids is 1. The molecule has 0 aliphatic carbocycles. The predicted octanol–water partition coefficient (Wildman–Crippen LogP) is 1.24. The number of nitrogens with zero attached hydrogens (tertiary/aromatic N) is 1. The average Bonchev–Trinajstić information content (AvgIpc) is 2.29. The summed E-state index contributed by atoms with van der Waals surface area (Å²) in [5.41, 5.74) is 3.13. The van der Waals surface area contributed by atoms with Gasteiger partial charge >= 0.3 is 0 Å². The van der Waals surface area contributed by atoms with Crippen LogP contribution in [0, 0.1) is 0 Å². The number of nitrogens with one attached hydrogen (secondary N) is 1. The number of thioether (sulfide) groups is 1. The highest BCUT2D eigenvalue weighted by Crippen LogP contribution is 2.13. The topological polar surface area (TPSA) is 61.7 Å². The highest BCUT2D eigenvalue weighted by molar-refractivity contribution is 7.98. The Hall–Kier alpha value is -1.33. The minimum atomic E-state index is -1.05. The van der Waals surface area contributed by atoms with Gasteiger partial charge in [-0.3, -0.25) is 4.79 Å². The number of hydrogen-bond acceptors (Lipinski definition) is 4. The summed E-state index contributed by atoms with van der Waals surface area (Å²) < 4.78 is 0. The molecular formula is C11H14N2O2S. The van der Waals surface area contributed by atoms with Crippen molar-refractivity contribution in [1.29, 1.82) is 0 Å². The van der Waals surface area contributed by atoms with E-state index in [0.717, 1.165) is 5.56 Å². The van der Waals surface area contributed by atoms with Gasteiger partial charge in [0.25, 0.3) is 5.91 Å². The second-order valence-corrected chi connectivity index (χ2v) is 4.06. The maximum Gasteiger partial charge on any atom is 0.268 e. The average molecular weight is 238 g/mol. The molecule has 86 valence electrons. The molecule has 2 N–H and O–H groups in total. The molecule has 5 heteroatoms. The zero-order valence-corrected chi connectivity index (χ0v) is 9.99. The summed E-state index contributed by atoms with van der Waals surface area (Å²) in [7, 11) is 0. The molecule has 1 aromatic carbocycles. The quantitative estimate of drug-likeness (QED) is 0.471. The minimum absolute atomic E-state index is 0.517. The Labute approximate surface area is 98.8 Å². The van der Waals surface area contributed by atoms with Crippen LogP contribution < -0.4 is 5.43 Å². The van der Waals surface area contributed by atoms with Gasteiger partial charge in [0.1, 0.15) is 6.10 Å². The van der Waals surface area contributed by atoms with Crippen molar-refractivity contribution in [1.82, 2.24) is 5.43 Å². The Morgan fingerprint density at radius 3 is 2.62 bits per heavy atom. The van der Waals surface area contributed by atoms with Crippen LogP contribution in [0.2, 0.25) is 0 Å². The number of benzene rings is 1. The highest BCUT2D eigenvalue weighted by atomic mass is 32.2. The van der Waals surface area contributed by atoms with Gasteiger partial charge in [-0.2, -0.15) is 5.10 Å². The second-order valence-electron chi connectivity index (χ2n) is 3.18. The van der Waals surface area contributed by atoms with Crippen LogP contribution in [0.15, 0.2) is 34.3 Å². The molecule has 0 fully saturated rings. The van der Waals surface area contributed by atoms with Crippen molar-refractivity contribution in [3.8, 4) is 0 Å². The molecule has 4 nitrogen and oxygen atoms in total. The van der Waals surface area contributed by atoms with E-state index in [-0.39, 0.29) is 0 Å². The molecule has 0 unspecified atom stereocenters. The SMILES string of the molecule is CSc1ccc(/C=N\NC(=O)[C@H](C)O)cc1. The first-order chi connectivity index (χ1) is 7.63. The van der Waals surface area contributed by atoms with Crippen LogP contribution in [0.5, 0.6) is 0 Å². The van der Waals surface area contributed by atoms with E-state index in [1.54, 1.807) is 11.8 Å². The molecule has 1 aromatic rings. The first kappa shape index (κ1) is 12.7. The Bertz CT molecular complexity index is 374. The smallest absolute Gasteiger partial charge is 0.268 e. The molecule has 0 saturated heterocycles. The van der Waals surface area contributed by atoms with Crippen molar-refractivity contribution in [3.63, 3.8) is 0 Å². The summed E-state index contributed by atoms with van der Waals surface area (Å²) in [6.07, 6.45) is 2.49. The molecule has 0 aliphatic rings. The summed E-state index contributed by atoms with van der Waals surface area (Å²) in [6, 6.07) is 7.76. The van der Waals surface area contributed by atoms with Crippen molar-refractivity contribution >= 4 is 23.9 Å². The van der Waals surface area contributed by atoms with Crippen LogP contribution in [0.3, 0.4) is 0 Å². The first-order valence-electron chi connectivity index (χ1n) is 4.78. The lowest BCUT2D eigenvalue weighted by Crippen LogP contribution is -2.28. The van der Waals surface area contributed by atoms with Gasteiger partial charge in [0.2, 0.25) is 0 Å². The molecule has 1 atom stereocenters. The number of carbonyl (C=O) groups is 1. The fourth-order valence-corrected chi connectivity index (χ4v) is 1.36. The summed E-state index contributed by atoms with van der Waals surface area (Å²) in [5, 5.41) is 12.6. The van der Waals surface area contributed by atoms with E-state index in [4.69, 9.17) is 5.11 Å². The number of aliphatic hydroxyl groups is 1. The van der Waals surface area contributed by atoms with Gasteiger partial charge in [0.05, 0.1) is 6.21 Å². The van der Waals surface area contributed by atoms with Crippen LogP contribution in [0.1, 0.15) is 12.5 Å². The van der Waals surface area contributed by atoms with Crippen molar-refractivity contribution in [2.75, 3.05) is 6.26 Å². The first-order valence-corrected chi connectivity index (χ1v) is 6.01. The van der Waals surface area contributed by atoms with Crippen LogP contribution in [0.4, 0.5) is 0 Å². The molecule has 0 spiro atoms. The van der Waals surface area contributed by atoms with Gasteiger partial charge < -0.3 is 5.11 Å². The van der Waals surface area contributed by atoms with E-state index < -0.39 is 12.0 Å². The van der Waals surface area contributed by atoms with Crippen LogP contribution >= 0.6 is 11.8 Å². The van der Waals surface area contributed by atoms with E-state index in [1.165, 1.54) is 18.0 Å². The lowest BCUT2D eigenvalue weighted by atomic mass is 10.2. The standard InChI is InChI=1S/C11H14N2O2S/c1-8(14)11(15)13-12-7-9-3-5-10(16-2)6-4-9/h3-8,14H,1-2H3,(H,13,15)/b12-7-/t8-/m0/s1. The van der Waals surface area contributed by atoms with Gasteiger partial charge in [-0.25, -0.2) is 5.43 Å². The number of hydrazone groups is 1. The third-order valence-electron chi connectivity index (χ3n) is 1.88. The van der Waals surface area contributed by atoms with Crippen LogP contribution in [0.25, 0.3) is 0 Å². The lowest BCUT2D eigenvalue weighted by molar-refractivity contribution is -0.128. The van der Waals surface area contributed by atoms with E-state index >= 15 is 0 Å². The van der Waals surface area contributed by atoms with E-state index in [0.29, 0.717) is 0 Å². The third-order valence-corrected chi connectivity index (χ3v) is 2.63. The van der Waals surface area contributed by atoms with Gasteiger partial charge in [-0.1, -0.05) is 12.1 Å². The number of aliphatic hydroxyl groups excluding tert-OH is 1. The van der Waals surface area contributed by atoms with Crippen molar-refractivity contribution in [2.24, 2.45) is 5.10 Å². The summed E-state index contributed by atoms with van der Waals surface area (Å²) >= 11 is 1.66. The number of hydrogen-bond donors (Lipinski definition) is 2. The van der Waals surface area contributed by atoms with Crippen molar-refractivity contribution < 1.29 is 9.90 Å². The summed E-state index contributed by atoms with van der Waals surface area (Å²) in [5.74, 6) is -0.517. The maximum atomic E-state index is 11.0. The van der Waals surface area contributed by atoms with E-state index in [2.05, 4.69) is 10.5 Å². The summed E-state index contributed by atoms with van der Waals surface area (Å²) in [4.78, 5) is 12.1. The molecule has 0 heterocycles. The third kappa shape index (κ3) is 4.04. The van der Waals surface area contributed by atoms with Crippen LogP contribution in [-0.4, -0.2) is 29.6 Å². The minimum Gasteiger partial charge on any atom is -0.383 e. The predicted molar refractivity (Wildman–Crippen MR) is 65.6 cm³/mol. The lowest BCUT2D eigenvalue weighted by Gasteiger charge is -2.01. The monoisotopic (exact) mass is 238 g/mol. The van der Waals surface area contributed by atoms with Crippen molar-refractivity contribution in [3.05, 3.63) is 29.8 Å². The largest absolute Gasteiger partial charge is 0.383 e. The van der Waals surface area contributed by atoms with Crippen molar-refractivity contribution in [2.45, 2.75) is 17.9 Å². The molecule has 0 radical (unpaired) electrons. The molecule has 0 aromatic heterocycles. The van der Waals surface area contributed by atoms with Gasteiger partial charge in [-0.15, -0.1) is 11.8 Å². The fraction of sp³-hybridized carbons (Fsp3) is 0.273. The van der Waals surface area contributed by atoms with Gasteiger partial charge in [0.15, 0.2) is 0 Å². The zero-order chi connectivity index (χ0) is 12.0. The summed E-state index contributed by atoms with van der Waals surface area (Å²) in [6.45, 7) is 1.39. The Kier molecular flexibility index (Phi) is 5.01. The highest BCUT2D eigenvalue weighted by Gasteiger charge is 2.05. The molecule has 0 bridgehead atoms. The Morgan fingerprint density at radius 1 is 1.50 bits per heavy atom. The van der Waals surface area contributed by atoms with Gasteiger partial charge in [-0.05, 0) is 30.9 Å². The molecule has 1 rings (SSSR count). The van der Waals surface area contributed by atoms with E-state index in [1.807, 2.05) is 30.5 Å². The van der Waals surface area contributed by atoms with E-state index in [9.17, 15) is 4.79 Å². The fourth-order valence-electron chi connectivity index (χ4n) is 0.954. The number of rotatable bonds is 4. The number of amides is 1. The normalized spacial score (nSPS) is 12.7. The molecule has 1 amide bonds. The Morgan fingerprint density at radius 2 is 2.12 bits per heavy atom. The molecule has 0 saturated carbocycles. The molecule has 0 aliphatic heterocycles. The van der Waals surface area contributed by atoms with Gasteiger partial charge in [0, 0.05) is 4.90 Å². The zero-order valence-electron chi connectivity index (χ0n) is 9.18. The molecular weight excluding hydrogens is 224 g/mol. The second kappa shape index (κ2) is 6.30.